The van der Waals surface area contributed by atoms with Crippen molar-refractivity contribution in [2.45, 2.75) is 57.6 Å². The van der Waals surface area contributed by atoms with Crippen LogP contribution in [0.2, 0.25) is 0 Å². The maximum absolute atomic E-state index is 11.6. The highest BCUT2D eigenvalue weighted by Crippen LogP contribution is 2.28. The van der Waals surface area contributed by atoms with Crippen LogP contribution in [0.5, 0.6) is 0 Å². The zero-order valence-electron chi connectivity index (χ0n) is 10.3. The number of rotatable bonds is 5. The fourth-order valence-electron chi connectivity index (χ4n) is 2.21. The standard InChI is InChI=1S/C12H24N2O2/c1-9(2)7-10(13)11(15)14-8-12(16)5-3-4-6-12/h9-10,16H,3-8,13H2,1-2H3,(H,14,15)/t10-/m1/s1. The first-order chi connectivity index (χ1) is 7.43. The van der Waals surface area contributed by atoms with Gasteiger partial charge in [0.05, 0.1) is 11.6 Å². The summed E-state index contributed by atoms with van der Waals surface area (Å²) < 4.78 is 0. The molecule has 4 N–H and O–H groups in total. The van der Waals surface area contributed by atoms with Crippen molar-refractivity contribution < 1.29 is 9.90 Å². The lowest BCUT2D eigenvalue weighted by atomic mass is 10.0. The minimum absolute atomic E-state index is 0.144. The summed E-state index contributed by atoms with van der Waals surface area (Å²) >= 11 is 0. The SMILES string of the molecule is CC(C)C[C@@H](N)C(=O)NCC1(O)CCCC1. The monoisotopic (exact) mass is 228 g/mol. The molecule has 4 heteroatoms. The van der Waals surface area contributed by atoms with Crippen molar-refractivity contribution in [2.24, 2.45) is 11.7 Å². The molecule has 1 saturated carbocycles. The first-order valence-electron chi connectivity index (χ1n) is 6.19. The lowest BCUT2D eigenvalue weighted by Crippen LogP contribution is -2.47. The molecule has 1 fully saturated rings. The third-order valence-electron chi connectivity index (χ3n) is 3.19. The number of carbonyl (C=O) groups is 1. The molecule has 0 aromatic rings. The largest absolute Gasteiger partial charge is 0.388 e. The summed E-state index contributed by atoms with van der Waals surface area (Å²) in [5.41, 5.74) is 5.07. The Morgan fingerprint density at radius 1 is 1.44 bits per heavy atom. The number of aliphatic hydroxyl groups is 1. The van der Waals surface area contributed by atoms with E-state index in [2.05, 4.69) is 5.32 Å². The van der Waals surface area contributed by atoms with Crippen molar-refractivity contribution in [1.29, 1.82) is 0 Å². The Kier molecular flexibility index (Phi) is 4.74. The van der Waals surface area contributed by atoms with Gasteiger partial charge in [0, 0.05) is 6.54 Å². The predicted octanol–water partition coefficient (Wildman–Crippen LogP) is 0.781. The van der Waals surface area contributed by atoms with Gasteiger partial charge in [-0.05, 0) is 25.2 Å². The number of amides is 1. The molecule has 0 radical (unpaired) electrons. The highest BCUT2D eigenvalue weighted by molar-refractivity contribution is 5.81. The fourth-order valence-corrected chi connectivity index (χ4v) is 2.21. The minimum atomic E-state index is -0.687. The molecule has 0 unspecified atom stereocenters. The minimum Gasteiger partial charge on any atom is -0.388 e. The van der Waals surface area contributed by atoms with Crippen LogP contribution in [0.1, 0.15) is 46.0 Å². The quantitative estimate of drug-likeness (QED) is 0.651. The molecule has 0 spiro atoms. The van der Waals surface area contributed by atoms with E-state index in [0.717, 1.165) is 25.7 Å². The number of hydrogen-bond acceptors (Lipinski definition) is 3. The van der Waals surface area contributed by atoms with Gasteiger partial charge in [-0.15, -0.1) is 0 Å². The van der Waals surface area contributed by atoms with Crippen LogP contribution >= 0.6 is 0 Å². The first kappa shape index (κ1) is 13.5. The Bertz CT molecular complexity index is 235. The molecule has 0 aromatic carbocycles. The summed E-state index contributed by atoms with van der Waals surface area (Å²) in [7, 11) is 0. The van der Waals surface area contributed by atoms with Gasteiger partial charge in [-0.3, -0.25) is 4.79 Å². The van der Waals surface area contributed by atoms with Crippen molar-refractivity contribution in [1.82, 2.24) is 5.32 Å². The van der Waals surface area contributed by atoms with Gasteiger partial charge in [0.15, 0.2) is 0 Å². The van der Waals surface area contributed by atoms with Crippen LogP contribution in [0.15, 0.2) is 0 Å². The van der Waals surface area contributed by atoms with E-state index in [1.165, 1.54) is 0 Å². The van der Waals surface area contributed by atoms with Crippen LogP contribution in [0.3, 0.4) is 0 Å². The Morgan fingerprint density at radius 3 is 2.50 bits per heavy atom. The number of carbonyl (C=O) groups excluding carboxylic acids is 1. The van der Waals surface area contributed by atoms with Crippen molar-refractivity contribution in [3.8, 4) is 0 Å². The summed E-state index contributed by atoms with van der Waals surface area (Å²) in [5.74, 6) is 0.268. The molecule has 0 aromatic heterocycles. The summed E-state index contributed by atoms with van der Waals surface area (Å²) in [6.45, 7) is 4.42. The number of hydrogen-bond donors (Lipinski definition) is 3. The topological polar surface area (TPSA) is 75.4 Å². The Hall–Kier alpha value is -0.610. The summed E-state index contributed by atoms with van der Waals surface area (Å²) in [5, 5.41) is 12.8. The van der Waals surface area contributed by atoms with Crippen molar-refractivity contribution in [2.75, 3.05) is 6.54 Å². The van der Waals surface area contributed by atoms with Crippen molar-refractivity contribution in [3.63, 3.8) is 0 Å². The molecular formula is C12H24N2O2. The van der Waals surface area contributed by atoms with Gasteiger partial charge in [-0.25, -0.2) is 0 Å². The van der Waals surface area contributed by atoms with E-state index in [4.69, 9.17) is 5.73 Å². The number of nitrogens with two attached hydrogens (primary N) is 1. The van der Waals surface area contributed by atoms with Crippen LogP contribution in [-0.2, 0) is 4.79 Å². The van der Waals surface area contributed by atoms with Gasteiger partial charge in [0.25, 0.3) is 0 Å². The van der Waals surface area contributed by atoms with E-state index in [1.54, 1.807) is 0 Å². The van der Waals surface area contributed by atoms with E-state index in [0.29, 0.717) is 18.9 Å². The van der Waals surface area contributed by atoms with Gasteiger partial charge >= 0.3 is 0 Å². The van der Waals surface area contributed by atoms with Crippen LogP contribution in [-0.4, -0.2) is 29.2 Å². The van der Waals surface area contributed by atoms with Crippen LogP contribution < -0.4 is 11.1 Å². The highest BCUT2D eigenvalue weighted by Gasteiger charge is 2.31. The Morgan fingerprint density at radius 2 is 2.00 bits per heavy atom. The lowest BCUT2D eigenvalue weighted by molar-refractivity contribution is -0.123. The smallest absolute Gasteiger partial charge is 0.237 e. The van der Waals surface area contributed by atoms with E-state index in [1.807, 2.05) is 13.8 Å². The molecule has 0 saturated heterocycles. The zero-order valence-corrected chi connectivity index (χ0v) is 10.3. The van der Waals surface area contributed by atoms with E-state index >= 15 is 0 Å². The first-order valence-corrected chi connectivity index (χ1v) is 6.19. The van der Waals surface area contributed by atoms with Crippen LogP contribution in [0, 0.1) is 5.92 Å². The third kappa shape index (κ3) is 4.10. The molecule has 1 atom stereocenters. The average molecular weight is 228 g/mol. The summed E-state index contributed by atoms with van der Waals surface area (Å²) in [6.07, 6.45) is 4.35. The second-order valence-corrected chi connectivity index (χ2v) is 5.39. The molecule has 94 valence electrons. The molecule has 4 nitrogen and oxygen atoms in total. The van der Waals surface area contributed by atoms with Gasteiger partial charge in [-0.1, -0.05) is 26.7 Å². The van der Waals surface area contributed by atoms with Gasteiger partial charge in [0.1, 0.15) is 0 Å². The normalized spacial score (nSPS) is 21.1. The Labute approximate surface area is 97.6 Å². The molecular weight excluding hydrogens is 204 g/mol. The second kappa shape index (κ2) is 5.64. The van der Waals surface area contributed by atoms with Gasteiger partial charge in [-0.2, -0.15) is 0 Å². The molecule has 1 aliphatic carbocycles. The van der Waals surface area contributed by atoms with Gasteiger partial charge < -0.3 is 16.2 Å². The molecule has 0 aliphatic heterocycles. The fraction of sp³-hybridized carbons (Fsp3) is 0.917. The maximum atomic E-state index is 11.6. The molecule has 0 bridgehead atoms. The second-order valence-electron chi connectivity index (χ2n) is 5.39. The lowest BCUT2D eigenvalue weighted by Gasteiger charge is -2.23. The Balaban J connectivity index is 2.28. The molecule has 0 heterocycles. The predicted molar refractivity (Wildman–Crippen MR) is 63.9 cm³/mol. The van der Waals surface area contributed by atoms with Crippen molar-refractivity contribution >= 4 is 5.91 Å². The van der Waals surface area contributed by atoms with Crippen LogP contribution in [0.25, 0.3) is 0 Å². The van der Waals surface area contributed by atoms with Crippen molar-refractivity contribution in [3.05, 3.63) is 0 Å². The zero-order chi connectivity index (χ0) is 12.2. The highest BCUT2D eigenvalue weighted by atomic mass is 16.3. The molecule has 1 aliphatic rings. The average Bonchev–Trinajstić information content (AvgIpc) is 2.61. The molecule has 1 rings (SSSR count). The maximum Gasteiger partial charge on any atom is 0.237 e. The van der Waals surface area contributed by atoms with E-state index in [-0.39, 0.29) is 5.91 Å². The third-order valence-corrected chi connectivity index (χ3v) is 3.19. The number of nitrogens with one attached hydrogen (secondary N) is 1. The summed E-state index contributed by atoms with van der Waals surface area (Å²) in [6, 6.07) is -0.454. The van der Waals surface area contributed by atoms with E-state index in [9.17, 15) is 9.90 Å². The van der Waals surface area contributed by atoms with Gasteiger partial charge in [0.2, 0.25) is 5.91 Å². The van der Waals surface area contributed by atoms with Crippen LogP contribution in [0.4, 0.5) is 0 Å². The molecule has 1 amide bonds. The summed E-state index contributed by atoms with van der Waals surface area (Å²) in [4.78, 5) is 11.6. The van der Waals surface area contributed by atoms with E-state index < -0.39 is 11.6 Å². The molecule has 16 heavy (non-hydrogen) atoms.